The Hall–Kier alpha value is -3.53. The highest BCUT2D eigenvalue weighted by Crippen LogP contribution is 2.21. The van der Waals surface area contributed by atoms with Crippen LogP contribution in [0.25, 0.3) is 11.2 Å². The summed E-state index contributed by atoms with van der Waals surface area (Å²) in [7, 11) is 1.41. The van der Waals surface area contributed by atoms with Crippen LogP contribution in [-0.2, 0) is 6.54 Å². The van der Waals surface area contributed by atoms with Crippen LogP contribution >= 0.6 is 12.2 Å². The molecule has 0 fully saturated rings. The standard InChI is InChI=1S/C21H22FN7OS/c1-3-25-21(31)29-18-8-7-15-20(28-18)27-16(12-26-15)14(9-23)11-24-10-13-5-4-6-17(30-2)19(13)22/h4-9,11-12,14,23H,3,10H2,1-2H3,(H2,25,27,28,29,31). The van der Waals surface area contributed by atoms with Crippen LogP contribution in [-0.4, -0.2) is 46.1 Å². The molecule has 0 radical (unpaired) electrons. The predicted octanol–water partition coefficient (Wildman–Crippen LogP) is 3.48. The zero-order valence-corrected chi connectivity index (χ0v) is 17.9. The van der Waals surface area contributed by atoms with E-state index in [-0.39, 0.29) is 12.3 Å². The van der Waals surface area contributed by atoms with Gasteiger partial charge in [0.1, 0.15) is 11.3 Å². The minimum Gasteiger partial charge on any atom is -0.494 e. The lowest BCUT2D eigenvalue weighted by Crippen LogP contribution is -2.28. The van der Waals surface area contributed by atoms with E-state index in [0.29, 0.717) is 39.9 Å². The highest BCUT2D eigenvalue weighted by Gasteiger charge is 2.12. The smallest absolute Gasteiger partial charge is 0.180 e. The van der Waals surface area contributed by atoms with Crippen molar-refractivity contribution in [1.82, 2.24) is 20.3 Å². The Balaban J connectivity index is 1.79. The lowest BCUT2D eigenvalue weighted by atomic mass is 10.1. The first-order valence-corrected chi connectivity index (χ1v) is 9.97. The number of hydrogen-bond acceptors (Lipinski definition) is 7. The summed E-state index contributed by atoms with van der Waals surface area (Å²) in [5.41, 5.74) is 1.94. The fourth-order valence-electron chi connectivity index (χ4n) is 2.77. The average molecular weight is 440 g/mol. The summed E-state index contributed by atoms with van der Waals surface area (Å²) in [4.78, 5) is 17.6. The summed E-state index contributed by atoms with van der Waals surface area (Å²) in [6, 6.07) is 8.44. The van der Waals surface area contributed by atoms with Crippen molar-refractivity contribution >= 4 is 46.7 Å². The van der Waals surface area contributed by atoms with Gasteiger partial charge in [0, 0.05) is 24.5 Å². The first kappa shape index (κ1) is 22.2. The molecule has 0 bridgehead atoms. The van der Waals surface area contributed by atoms with Crippen molar-refractivity contribution < 1.29 is 9.13 Å². The molecule has 0 spiro atoms. The fraction of sp³-hybridized carbons (Fsp3) is 0.238. The number of hydrogen-bond donors (Lipinski definition) is 3. The normalized spacial score (nSPS) is 12.0. The fourth-order valence-corrected chi connectivity index (χ4v) is 3.02. The van der Waals surface area contributed by atoms with Gasteiger partial charge in [-0.2, -0.15) is 0 Å². The summed E-state index contributed by atoms with van der Waals surface area (Å²) < 4.78 is 19.2. The summed E-state index contributed by atoms with van der Waals surface area (Å²) in [6.07, 6.45) is 4.32. The van der Waals surface area contributed by atoms with E-state index < -0.39 is 11.7 Å². The summed E-state index contributed by atoms with van der Waals surface area (Å²) in [5.74, 6) is -0.259. The molecule has 0 aliphatic carbocycles. The molecule has 0 saturated heterocycles. The Morgan fingerprint density at radius 1 is 1.32 bits per heavy atom. The van der Waals surface area contributed by atoms with Crippen molar-refractivity contribution in [2.45, 2.75) is 19.4 Å². The van der Waals surface area contributed by atoms with Gasteiger partial charge >= 0.3 is 0 Å². The lowest BCUT2D eigenvalue weighted by Gasteiger charge is -2.10. The number of nitrogens with one attached hydrogen (secondary N) is 3. The zero-order chi connectivity index (χ0) is 22.2. The van der Waals surface area contributed by atoms with E-state index in [1.807, 2.05) is 6.92 Å². The first-order valence-electron chi connectivity index (χ1n) is 9.56. The molecular formula is C21H22FN7OS. The number of methoxy groups -OCH3 is 1. The lowest BCUT2D eigenvalue weighted by molar-refractivity contribution is 0.384. The van der Waals surface area contributed by atoms with Gasteiger partial charge in [-0.1, -0.05) is 12.1 Å². The Bertz CT molecular complexity index is 1120. The van der Waals surface area contributed by atoms with Gasteiger partial charge in [-0.05, 0) is 37.3 Å². The number of aromatic nitrogens is 3. The van der Waals surface area contributed by atoms with Gasteiger partial charge in [0.25, 0.3) is 0 Å². The Morgan fingerprint density at radius 2 is 2.16 bits per heavy atom. The van der Waals surface area contributed by atoms with Gasteiger partial charge < -0.3 is 20.8 Å². The maximum atomic E-state index is 14.3. The highest BCUT2D eigenvalue weighted by molar-refractivity contribution is 7.80. The van der Waals surface area contributed by atoms with Crippen LogP contribution in [0, 0.1) is 11.2 Å². The van der Waals surface area contributed by atoms with Crippen molar-refractivity contribution in [2.75, 3.05) is 19.0 Å². The first-order chi connectivity index (χ1) is 15.0. The van der Waals surface area contributed by atoms with E-state index in [0.717, 1.165) is 0 Å². The number of nitrogens with zero attached hydrogens (tertiary/aromatic N) is 4. The number of benzene rings is 1. The molecule has 3 N–H and O–H groups in total. The van der Waals surface area contributed by atoms with Gasteiger partial charge in [0.2, 0.25) is 0 Å². The number of ether oxygens (including phenoxy) is 1. The van der Waals surface area contributed by atoms with Crippen LogP contribution in [0.4, 0.5) is 10.2 Å². The molecule has 160 valence electrons. The van der Waals surface area contributed by atoms with Crippen molar-refractivity contribution in [3.63, 3.8) is 0 Å². The number of thiocarbonyl (C=S) groups is 1. The SMILES string of the molecule is CCNC(=S)Nc1ccc2ncc(C(C=N)C=NCc3cccc(OC)c3F)nc2n1. The van der Waals surface area contributed by atoms with Crippen molar-refractivity contribution in [1.29, 1.82) is 5.41 Å². The second kappa shape index (κ2) is 10.5. The molecular weight excluding hydrogens is 417 g/mol. The minimum atomic E-state index is -0.521. The quantitative estimate of drug-likeness (QED) is 0.364. The molecule has 0 aliphatic heterocycles. The highest BCUT2D eigenvalue weighted by atomic mass is 32.1. The summed E-state index contributed by atoms with van der Waals surface area (Å²) in [5, 5.41) is 14.2. The Kier molecular flexibility index (Phi) is 7.50. The van der Waals surface area contributed by atoms with Crippen molar-refractivity contribution in [2.24, 2.45) is 4.99 Å². The second-order valence-electron chi connectivity index (χ2n) is 6.43. The molecule has 1 atom stereocenters. The van der Waals surface area contributed by atoms with Crippen LogP contribution in [0.1, 0.15) is 24.1 Å². The molecule has 3 rings (SSSR count). The Labute approximate surface area is 184 Å². The van der Waals surface area contributed by atoms with Crippen LogP contribution in [0.3, 0.4) is 0 Å². The number of aliphatic imine (C=N–C) groups is 1. The van der Waals surface area contributed by atoms with Crippen LogP contribution in [0.15, 0.2) is 41.5 Å². The molecule has 0 aliphatic rings. The van der Waals surface area contributed by atoms with Crippen LogP contribution < -0.4 is 15.4 Å². The van der Waals surface area contributed by atoms with E-state index in [9.17, 15) is 4.39 Å². The van der Waals surface area contributed by atoms with Gasteiger partial charge in [-0.25, -0.2) is 14.4 Å². The molecule has 10 heteroatoms. The molecule has 2 aromatic heterocycles. The molecule has 31 heavy (non-hydrogen) atoms. The van der Waals surface area contributed by atoms with E-state index in [2.05, 4.69) is 30.6 Å². The summed E-state index contributed by atoms with van der Waals surface area (Å²) in [6.45, 7) is 2.76. The molecule has 1 unspecified atom stereocenters. The molecule has 0 amide bonds. The van der Waals surface area contributed by atoms with E-state index in [4.69, 9.17) is 22.4 Å². The van der Waals surface area contributed by atoms with Crippen molar-refractivity contribution in [3.05, 3.63) is 53.6 Å². The number of fused-ring (bicyclic) bond motifs is 1. The van der Waals surface area contributed by atoms with Crippen LogP contribution in [0.2, 0.25) is 0 Å². The Morgan fingerprint density at radius 3 is 2.90 bits per heavy atom. The third-order valence-corrected chi connectivity index (χ3v) is 4.56. The summed E-state index contributed by atoms with van der Waals surface area (Å²) >= 11 is 5.18. The number of halogens is 1. The topological polar surface area (TPSA) is 108 Å². The number of pyridine rings is 1. The number of anilines is 1. The molecule has 3 aromatic rings. The molecule has 8 nitrogen and oxygen atoms in total. The van der Waals surface area contributed by atoms with E-state index in [1.165, 1.54) is 13.3 Å². The van der Waals surface area contributed by atoms with Gasteiger partial charge in [-0.15, -0.1) is 0 Å². The van der Waals surface area contributed by atoms with E-state index in [1.54, 1.807) is 42.7 Å². The second-order valence-corrected chi connectivity index (χ2v) is 6.84. The van der Waals surface area contributed by atoms with Gasteiger partial charge in [0.15, 0.2) is 22.3 Å². The molecule has 0 saturated carbocycles. The molecule has 1 aromatic carbocycles. The third kappa shape index (κ3) is 5.54. The van der Waals surface area contributed by atoms with Gasteiger partial charge in [-0.3, -0.25) is 9.98 Å². The maximum absolute atomic E-state index is 14.3. The van der Waals surface area contributed by atoms with E-state index >= 15 is 0 Å². The third-order valence-electron chi connectivity index (χ3n) is 4.32. The zero-order valence-electron chi connectivity index (χ0n) is 17.1. The molecule has 2 heterocycles. The minimum absolute atomic E-state index is 0.114. The average Bonchev–Trinajstić information content (AvgIpc) is 2.77. The predicted molar refractivity (Wildman–Crippen MR) is 124 cm³/mol. The van der Waals surface area contributed by atoms with Crippen LogP contribution in [0.5, 0.6) is 5.75 Å². The number of rotatable bonds is 8. The largest absolute Gasteiger partial charge is 0.494 e. The van der Waals surface area contributed by atoms with Crippen molar-refractivity contribution in [3.8, 4) is 5.75 Å². The maximum Gasteiger partial charge on any atom is 0.180 e. The van der Waals surface area contributed by atoms with Gasteiger partial charge in [0.05, 0.1) is 31.5 Å². The monoisotopic (exact) mass is 439 g/mol.